The van der Waals surface area contributed by atoms with Crippen molar-refractivity contribution in [3.05, 3.63) is 52.7 Å². The molecular formula is C23H28ClN3O5S. The predicted octanol–water partition coefficient (Wildman–Crippen LogP) is 2.86. The number of allylic oxidation sites excluding steroid dienone is 2. The third-order valence-corrected chi connectivity index (χ3v) is 8.86. The molecule has 0 saturated carbocycles. The van der Waals surface area contributed by atoms with Gasteiger partial charge in [-0.05, 0) is 43.5 Å². The number of likely N-dealkylation sites (tertiary alicyclic amines) is 1. The van der Waals surface area contributed by atoms with E-state index in [2.05, 4.69) is 4.90 Å². The fraction of sp³-hybridized carbons (Fsp3) is 0.478. The molecule has 2 saturated heterocycles. The number of aliphatic carboxylic acids is 1. The first-order chi connectivity index (χ1) is 15.7. The lowest BCUT2D eigenvalue weighted by Crippen LogP contribution is -2.51. The van der Waals surface area contributed by atoms with Crippen molar-refractivity contribution in [1.29, 1.82) is 0 Å². The molecule has 0 spiro atoms. The highest BCUT2D eigenvalue weighted by molar-refractivity contribution is 7.89. The summed E-state index contributed by atoms with van der Waals surface area (Å²) in [6.45, 7) is 3.89. The van der Waals surface area contributed by atoms with Crippen LogP contribution in [-0.4, -0.2) is 72.1 Å². The van der Waals surface area contributed by atoms with Gasteiger partial charge < -0.3 is 14.9 Å². The number of carboxylic acids is 1. The minimum atomic E-state index is -3.54. The monoisotopic (exact) mass is 493 g/mol. The van der Waals surface area contributed by atoms with Gasteiger partial charge in [-0.3, -0.25) is 9.59 Å². The molecule has 2 aliphatic heterocycles. The molecule has 4 rings (SSSR count). The van der Waals surface area contributed by atoms with Crippen molar-refractivity contribution in [3.63, 3.8) is 0 Å². The van der Waals surface area contributed by atoms with Gasteiger partial charge in [0.1, 0.15) is 0 Å². The molecule has 1 aromatic rings. The van der Waals surface area contributed by atoms with Crippen molar-refractivity contribution in [2.24, 2.45) is 0 Å². The maximum absolute atomic E-state index is 13.4. The lowest BCUT2D eigenvalue weighted by Gasteiger charge is -2.37. The topological polar surface area (TPSA) is 98.2 Å². The molecule has 2 atom stereocenters. The van der Waals surface area contributed by atoms with E-state index in [9.17, 15) is 18.0 Å². The summed E-state index contributed by atoms with van der Waals surface area (Å²) in [5.74, 6) is -1.25. The van der Waals surface area contributed by atoms with Gasteiger partial charge in [0.05, 0.1) is 11.7 Å². The van der Waals surface area contributed by atoms with Crippen LogP contribution in [0.3, 0.4) is 0 Å². The molecule has 8 nitrogen and oxygen atoms in total. The first-order valence-corrected chi connectivity index (χ1v) is 13.0. The Morgan fingerprint density at radius 2 is 1.88 bits per heavy atom. The van der Waals surface area contributed by atoms with E-state index in [1.165, 1.54) is 0 Å². The third kappa shape index (κ3) is 4.95. The zero-order chi connectivity index (χ0) is 23.8. The number of carbonyl (C=O) groups is 2. The van der Waals surface area contributed by atoms with Crippen LogP contribution >= 0.6 is 11.6 Å². The zero-order valence-electron chi connectivity index (χ0n) is 18.5. The number of carboxylic acid groups (broad SMARTS) is 1. The van der Waals surface area contributed by atoms with Crippen LogP contribution in [0, 0.1) is 0 Å². The molecule has 33 heavy (non-hydrogen) atoms. The van der Waals surface area contributed by atoms with E-state index in [4.69, 9.17) is 16.7 Å². The van der Waals surface area contributed by atoms with Crippen LogP contribution in [0.5, 0.6) is 0 Å². The Morgan fingerprint density at radius 1 is 1.15 bits per heavy atom. The van der Waals surface area contributed by atoms with Gasteiger partial charge >= 0.3 is 5.97 Å². The Kier molecular flexibility index (Phi) is 6.83. The molecule has 1 amide bonds. The highest BCUT2D eigenvalue weighted by atomic mass is 35.5. The van der Waals surface area contributed by atoms with Gasteiger partial charge in [-0.15, -0.1) is 0 Å². The van der Waals surface area contributed by atoms with E-state index in [1.807, 2.05) is 37.3 Å². The minimum Gasteiger partial charge on any atom is -0.481 e. The number of benzene rings is 1. The average molecular weight is 494 g/mol. The van der Waals surface area contributed by atoms with Crippen LogP contribution in [0.2, 0.25) is 5.02 Å². The molecule has 10 heteroatoms. The molecule has 0 aromatic heterocycles. The van der Waals surface area contributed by atoms with E-state index in [0.717, 1.165) is 17.0 Å². The summed E-state index contributed by atoms with van der Waals surface area (Å²) in [6.07, 6.45) is 4.19. The maximum atomic E-state index is 13.4. The number of anilines is 1. The summed E-state index contributed by atoms with van der Waals surface area (Å²) in [6, 6.07) is 7.44. The van der Waals surface area contributed by atoms with E-state index >= 15 is 0 Å². The number of sulfonamides is 1. The highest BCUT2D eigenvalue weighted by Gasteiger charge is 2.39. The Bertz CT molecular complexity index is 1110. The van der Waals surface area contributed by atoms with Gasteiger partial charge in [0, 0.05) is 55.0 Å². The number of hydrogen-bond acceptors (Lipinski definition) is 5. The highest BCUT2D eigenvalue weighted by Crippen LogP contribution is 2.38. The van der Waals surface area contributed by atoms with Gasteiger partial charge in [-0.2, -0.15) is 4.31 Å². The van der Waals surface area contributed by atoms with Crippen molar-refractivity contribution in [1.82, 2.24) is 9.21 Å². The number of amides is 1. The molecule has 178 valence electrons. The summed E-state index contributed by atoms with van der Waals surface area (Å²) in [4.78, 5) is 27.1. The van der Waals surface area contributed by atoms with Crippen LogP contribution in [0.4, 0.5) is 5.69 Å². The second kappa shape index (κ2) is 9.48. The van der Waals surface area contributed by atoms with Gasteiger partial charge in [0.25, 0.3) is 0 Å². The van der Waals surface area contributed by atoms with Gasteiger partial charge in [-0.1, -0.05) is 29.8 Å². The molecule has 2 fully saturated rings. The quantitative estimate of drug-likeness (QED) is 0.654. The molecule has 2 unspecified atom stereocenters. The average Bonchev–Trinajstić information content (AvgIpc) is 3.12. The van der Waals surface area contributed by atoms with Crippen LogP contribution in [0.25, 0.3) is 0 Å². The Morgan fingerprint density at radius 3 is 2.55 bits per heavy atom. The number of carbonyl (C=O) groups excluding carboxylic acids is 1. The number of rotatable bonds is 6. The van der Waals surface area contributed by atoms with Gasteiger partial charge in [0.15, 0.2) is 0 Å². The number of piperazine rings is 1. The second-order valence-corrected chi connectivity index (χ2v) is 11.3. The van der Waals surface area contributed by atoms with E-state index in [0.29, 0.717) is 44.0 Å². The Labute approximate surface area is 199 Å². The normalized spacial score (nSPS) is 23.7. The summed E-state index contributed by atoms with van der Waals surface area (Å²) in [5.41, 5.74) is 2.57. The molecule has 0 radical (unpaired) electrons. The van der Waals surface area contributed by atoms with Crippen LogP contribution < -0.4 is 4.90 Å². The van der Waals surface area contributed by atoms with Crippen molar-refractivity contribution < 1.29 is 23.1 Å². The second-order valence-electron chi connectivity index (χ2n) is 8.68. The summed E-state index contributed by atoms with van der Waals surface area (Å²) in [7, 11) is -3.54. The SMILES string of the molecule is CC1CC2=CC(S(=O)(=O)N3CCN(c4cccc(Cl)c4)CC3)CC=C2N1C(=O)CCC(=O)O. The summed E-state index contributed by atoms with van der Waals surface area (Å²) in [5, 5.41) is 8.86. The lowest BCUT2D eigenvalue weighted by molar-refractivity contribution is -0.140. The van der Waals surface area contributed by atoms with Crippen molar-refractivity contribution in [2.75, 3.05) is 31.1 Å². The van der Waals surface area contributed by atoms with Gasteiger partial charge in [-0.25, -0.2) is 8.42 Å². The van der Waals surface area contributed by atoms with Crippen LogP contribution in [-0.2, 0) is 19.6 Å². The van der Waals surface area contributed by atoms with E-state index in [1.54, 1.807) is 15.3 Å². The van der Waals surface area contributed by atoms with Crippen molar-refractivity contribution >= 4 is 39.2 Å². The lowest BCUT2D eigenvalue weighted by atomic mass is 10.0. The Hall–Kier alpha value is -2.36. The molecule has 1 aromatic carbocycles. The number of halogens is 1. The number of nitrogens with zero attached hydrogens (tertiary/aromatic N) is 3. The van der Waals surface area contributed by atoms with Gasteiger partial charge in [0.2, 0.25) is 15.9 Å². The zero-order valence-corrected chi connectivity index (χ0v) is 20.1. The molecule has 1 N–H and O–H groups in total. The largest absolute Gasteiger partial charge is 0.481 e. The summed E-state index contributed by atoms with van der Waals surface area (Å²) < 4.78 is 28.3. The fourth-order valence-corrected chi connectivity index (χ4v) is 6.71. The van der Waals surface area contributed by atoms with E-state index < -0.39 is 21.2 Å². The minimum absolute atomic E-state index is 0.0665. The third-order valence-electron chi connectivity index (χ3n) is 6.45. The molecule has 1 aliphatic carbocycles. The smallest absolute Gasteiger partial charge is 0.303 e. The molecule has 0 bridgehead atoms. The standard InChI is InChI=1S/C23H28ClN3O5S/c1-16-13-17-14-20(5-6-21(17)27(16)22(28)7-8-23(29)30)33(31,32)26-11-9-25(10-12-26)19-4-2-3-18(24)15-19/h2-4,6,14-16,20H,5,7-13H2,1H3,(H,29,30). The first kappa shape index (κ1) is 23.8. The molecular weight excluding hydrogens is 466 g/mol. The van der Waals surface area contributed by atoms with Crippen molar-refractivity contribution in [2.45, 2.75) is 43.9 Å². The van der Waals surface area contributed by atoms with Crippen LogP contribution in [0.1, 0.15) is 32.6 Å². The number of hydrogen-bond donors (Lipinski definition) is 1. The molecule has 2 heterocycles. The van der Waals surface area contributed by atoms with E-state index in [-0.39, 0.29) is 24.8 Å². The van der Waals surface area contributed by atoms with Crippen molar-refractivity contribution in [3.8, 4) is 0 Å². The predicted molar refractivity (Wildman–Crippen MR) is 127 cm³/mol. The molecule has 3 aliphatic rings. The fourth-order valence-electron chi connectivity index (χ4n) is 4.80. The summed E-state index contributed by atoms with van der Waals surface area (Å²) >= 11 is 6.09. The Balaban J connectivity index is 1.42. The number of fused-ring (bicyclic) bond motifs is 1. The first-order valence-electron chi connectivity index (χ1n) is 11.1. The maximum Gasteiger partial charge on any atom is 0.303 e. The van der Waals surface area contributed by atoms with Crippen LogP contribution in [0.15, 0.2) is 47.7 Å².